The molecule has 0 radical (unpaired) electrons. The molecule has 0 aromatic heterocycles. The van der Waals surface area contributed by atoms with Gasteiger partial charge in [0.1, 0.15) is 0 Å². The van der Waals surface area contributed by atoms with Gasteiger partial charge in [-0.15, -0.1) is 6.58 Å². The maximum atomic E-state index is 4.78. The molecule has 1 nitrogen and oxygen atoms in total. The minimum atomic E-state index is -0.0709. The summed E-state index contributed by atoms with van der Waals surface area (Å²) in [6.07, 6.45) is 11.1. The lowest BCUT2D eigenvalue weighted by atomic mass is 9.44. The normalized spacial score (nSPS) is 16.8. The smallest absolute Gasteiger partial charge is 0.328 e. The average molecular weight is 535 g/mol. The summed E-state index contributed by atoms with van der Waals surface area (Å²) in [5.74, 6) is 0.344. The van der Waals surface area contributed by atoms with Crippen LogP contribution in [0, 0.1) is 5.92 Å². The maximum Gasteiger partial charge on any atom is 0.328 e. The second kappa shape index (κ2) is 9.78. The molecule has 198 valence electrons. The van der Waals surface area contributed by atoms with Crippen LogP contribution < -0.4 is 10.3 Å². The minimum absolute atomic E-state index is 0.0709. The third-order valence-electron chi connectivity index (χ3n) is 8.97. The first-order chi connectivity index (χ1) is 20.7. The molecular weight excluding hydrogens is 505 g/mol. The Morgan fingerprint density at radius 3 is 2.10 bits per heavy atom. The van der Waals surface area contributed by atoms with Gasteiger partial charge in [0, 0.05) is 16.9 Å². The van der Waals surface area contributed by atoms with Crippen molar-refractivity contribution < 1.29 is 0 Å². The number of nitrogens with zero attached hydrogens (tertiary/aromatic N) is 1. The molecule has 2 aliphatic rings. The zero-order chi connectivity index (χ0) is 28.2. The lowest BCUT2D eigenvalue weighted by Crippen LogP contribution is -2.50. The van der Waals surface area contributed by atoms with Crippen molar-refractivity contribution >= 4 is 56.0 Å². The maximum absolute atomic E-state index is 4.78. The van der Waals surface area contributed by atoms with Crippen molar-refractivity contribution in [3.63, 3.8) is 0 Å². The number of hydrogen-bond donors (Lipinski definition) is 0. The van der Waals surface area contributed by atoms with Crippen LogP contribution in [-0.4, -0.2) is 6.85 Å². The summed E-state index contributed by atoms with van der Waals surface area (Å²) in [5, 5.41) is 7.54. The molecule has 0 saturated carbocycles. The Morgan fingerprint density at radius 2 is 1.33 bits per heavy atom. The number of rotatable bonds is 3. The topological polar surface area (TPSA) is 3.24 Å². The van der Waals surface area contributed by atoms with E-state index in [9.17, 15) is 0 Å². The molecule has 0 spiro atoms. The van der Waals surface area contributed by atoms with Crippen molar-refractivity contribution in [2.45, 2.75) is 6.92 Å². The molecule has 0 saturated heterocycles. The molecule has 42 heavy (non-hydrogen) atoms. The molecule has 1 heterocycles. The van der Waals surface area contributed by atoms with E-state index in [1.54, 1.807) is 0 Å². The van der Waals surface area contributed by atoms with Crippen molar-refractivity contribution in [1.82, 2.24) is 0 Å². The van der Waals surface area contributed by atoms with Crippen molar-refractivity contribution in [1.29, 1.82) is 0 Å². The Bertz CT molecular complexity index is 2150. The van der Waals surface area contributed by atoms with Gasteiger partial charge in [0.15, 0.2) is 0 Å². The van der Waals surface area contributed by atoms with Gasteiger partial charge in [-0.3, -0.25) is 0 Å². The fraction of sp³-hybridized carbons (Fsp3) is 0.0500. The van der Waals surface area contributed by atoms with Crippen LogP contribution >= 0.6 is 0 Å². The first-order valence-corrected chi connectivity index (χ1v) is 14.7. The predicted octanol–water partition coefficient (Wildman–Crippen LogP) is 9.95. The van der Waals surface area contributed by atoms with E-state index in [4.69, 9.17) is 6.58 Å². The van der Waals surface area contributed by atoms with Gasteiger partial charge in [-0.05, 0) is 73.0 Å². The second-order valence-corrected chi connectivity index (χ2v) is 11.5. The Hall–Kier alpha value is -5.08. The molecule has 6 aromatic carbocycles. The van der Waals surface area contributed by atoms with E-state index in [0.717, 1.165) is 5.47 Å². The van der Waals surface area contributed by atoms with E-state index in [2.05, 4.69) is 157 Å². The number of allylic oxidation sites excluding steroid dienone is 7. The van der Waals surface area contributed by atoms with E-state index in [1.807, 2.05) is 0 Å². The molecule has 0 amide bonds. The fourth-order valence-corrected chi connectivity index (χ4v) is 6.91. The first kappa shape index (κ1) is 24.7. The lowest BCUT2D eigenvalue weighted by molar-refractivity contribution is 0.883. The molecule has 0 N–H and O–H groups in total. The van der Waals surface area contributed by atoms with Gasteiger partial charge in [0.05, 0.1) is 0 Å². The Kier molecular flexibility index (Phi) is 5.75. The fourth-order valence-electron chi connectivity index (χ4n) is 6.91. The zero-order valence-electron chi connectivity index (χ0n) is 23.7. The number of hydrogen-bond acceptors (Lipinski definition) is 1. The van der Waals surface area contributed by atoms with Crippen LogP contribution in [0.4, 0.5) is 11.4 Å². The van der Waals surface area contributed by atoms with Crippen LogP contribution in [0.1, 0.15) is 6.92 Å². The number of anilines is 2. The zero-order valence-corrected chi connectivity index (χ0v) is 23.7. The van der Waals surface area contributed by atoms with Crippen molar-refractivity contribution in [2.24, 2.45) is 5.92 Å². The molecule has 1 aliphatic heterocycles. The van der Waals surface area contributed by atoms with Crippen molar-refractivity contribution in [3.05, 3.63) is 163 Å². The van der Waals surface area contributed by atoms with E-state index in [1.165, 1.54) is 65.9 Å². The summed E-state index contributed by atoms with van der Waals surface area (Å²) in [6.45, 7) is 6.97. The van der Waals surface area contributed by atoms with Gasteiger partial charge in [0.2, 0.25) is 0 Å². The van der Waals surface area contributed by atoms with Gasteiger partial charge in [0.25, 0.3) is 0 Å². The third kappa shape index (κ3) is 3.87. The van der Waals surface area contributed by atoms with E-state index in [0.29, 0.717) is 5.92 Å². The monoisotopic (exact) mass is 535 g/mol. The predicted molar refractivity (Wildman–Crippen MR) is 183 cm³/mol. The van der Waals surface area contributed by atoms with E-state index in [-0.39, 0.29) is 6.85 Å². The van der Waals surface area contributed by atoms with Gasteiger partial charge in [-0.25, -0.2) is 0 Å². The molecular formula is C40H30BN. The quantitative estimate of drug-likeness (QED) is 0.204. The van der Waals surface area contributed by atoms with Gasteiger partial charge >= 0.3 is 6.85 Å². The average Bonchev–Trinajstić information content (AvgIpc) is 3.04. The molecule has 6 aromatic rings. The summed E-state index contributed by atoms with van der Waals surface area (Å²) in [6, 6.07) is 42.3. The number of benzene rings is 6. The van der Waals surface area contributed by atoms with Crippen LogP contribution in [0.2, 0.25) is 0 Å². The molecule has 1 aliphatic carbocycles. The Balaban J connectivity index is 1.46. The molecule has 0 fully saturated rings. The number of fused-ring (bicyclic) bond motifs is 8. The highest BCUT2D eigenvalue weighted by Crippen LogP contribution is 2.47. The van der Waals surface area contributed by atoms with Crippen molar-refractivity contribution in [3.8, 4) is 11.1 Å². The third-order valence-corrected chi connectivity index (χ3v) is 8.97. The molecule has 2 heteroatoms. The summed E-state index contributed by atoms with van der Waals surface area (Å²) >= 11 is 0. The first-order valence-electron chi connectivity index (χ1n) is 14.7. The van der Waals surface area contributed by atoms with Crippen LogP contribution in [0.3, 0.4) is 0 Å². The summed E-state index contributed by atoms with van der Waals surface area (Å²) in [4.78, 5) is 2.53. The van der Waals surface area contributed by atoms with E-state index < -0.39 is 0 Å². The largest absolute Gasteiger partial charge is 0.376 e. The van der Waals surface area contributed by atoms with E-state index >= 15 is 0 Å². The van der Waals surface area contributed by atoms with Gasteiger partial charge < -0.3 is 4.81 Å². The molecule has 8 rings (SSSR count). The SMILES string of the molecule is C=C(/C=C1/C=CC=CC1C)B1c2ccc3ccccc3c2-c2c(ccc3ccccc23)N1c1ccc2ccccc2c1. The lowest BCUT2D eigenvalue weighted by Gasteiger charge is -2.40. The summed E-state index contributed by atoms with van der Waals surface area (Å²) in [5.41, 5.74) is 8.64. The molecule has 0 bridgehead atoms. The van der Waals surface area contributed by atoms with Crippen LogP contribution in [0.25, 0.3) is 43.4 Å². The molecule has 1 unspecified atom stereocenters. The van der Waals surface area contributed by atoms with Crippen LogP contribution in [0.5, 0.6) is 0 Å². The van der Waals surface area contributed by atoms with Gasteiger partial charge in [-0.2, -0.15) is 0 Å². The molecule has 1 atom stereocenters. The second-order valence-electron chi connectivity index (χ2n) is 11.5. The van der Waals surface area contributed by atoms with Crippen LogP contribution in [0.15, 0.2) is 163 Å². The van der Waals surface area contributed by atoms with Crippen LogP contribution in [-0.2, 0) is 0 Å². The Morgan fingerprint density at radius 1 is 0.690 bits per heavy atom. The van der Waals surface area contributed by atoms with Crippen molar-refractivity contribution in [2.75, 3.05) is 4.81 Å². The standard InChI is InChI=1S/C40H30BN/c1-27-11-3-4-15-32(27)25-28(2)41-37-23-20-30-13-7-9-17-35(30)39(37)40-36-18-10-8-14-31(36)21-24-38(40)42(41)34-22-19-29-12-5-6-16-33(29)26-34/h3-27H,2H2,1H3/b32-25-. The highest BCUT2D eigenvalue weighted by atomic mass is 15.1. The highest BCUT2D eigenvalue weighted by Gasteiger charge is 2.39. The summed E-state index contributed by atoms with van der Waals surface area (Å²) < 4.78 is 0. The van der Waals surface area contributed by atoms with Gasteiger partial charge in [-0.1, -0.05) is 140 Å². The highest BCUT2D eigenvalue weighted by molar-refractivity contribution is 6.87. The Labute approximate surface area is 247 Å². The summed E-state index contributed by atoms with van der Waals surface area (Å²) in [7, 11) is 0. The minimum Gasteiger partial charge on any atom is -0.376 e.